The molecule has 2 aromatic rings. The van der Waals surface area contributed by atoms with Crippen molar-refractivity contribution in [1.29, 1.82) is 0 Å². The number of carbonyl (C=O) groups is 1. The maximum absolute atomic E-state index is 11.5. The Morgan fingerprint density at radius 1 is 1.67 bits per heavy atom. The van der Waals surface area contributed by atoms with Crippen LogP contribution in [-0.2, 0) is 18.3 Å². The van der Waals surface area contributed by atoms with Crippen molar-refractivity contribution >= 4 is 22.4 Å². The van der Waals surface area contributed by atoms with Gasteiger partial charge in [-0.1, -0.05) is 0 Å². The van der Waals surface area contributed by atoms with Crippen molar-refractivity contribution in [2.75, 3.05) is 5.32 Å². The zero-order valence-electron chi connectivity index (χ0n) is 8.30. The maximum Gasteiger partial charge on any atom is 0.230 e. The van der Waals surface area contributed by atoms with E-state index < -0.39 is 0 Å². The number of rotatable bonds is 3. The molecule has 2 aromatic heterocycles. The fraction of sp³-hybridized carbons (Fsp3) is 0.200. The van der Waals surface area contributed by atoms with E-state index >= 15 is 0 Å². The molecule has 0 fully saturated rings. The molecule has 0 aliphatic rings. The Morgan fingerprint density at radius 2 is 2.53 bits per heavy atom. The molecule has 0 aliphatic heterocycles. The van der Waals surface area contributed by atoms with E-state index in [2.05, 4.69) is 10.3 Å². The smallest absolute Gasteiger partial charge is 0.230 e. The highest BCUT2D eigenvalue weighted by atomic mass is 32.1. The van der Waals surface area contributed by atoms with Crippen LogP contribution in [-0.4, -0.2) is 15.5 Å². The minimum atomic E-state index is -0.0313. The van der Waals surface area contributed by atoms with Gasteiger partial charge < -0.3 is 9.88 Å². The van der Waals surface area contributed by atoms with Gasteiger partial charge in [0.2, 0.25) is 5.91 Å². The molecule has 1 N–H and O–H groups in total. The van der Waals surface area contributed by atoms with Crippen LogP contribution in [0, 0.1) is 0 Å². The second kappa shape index (κ2) is 4.27. The third-order valence-corrected chi connectivity index (χ3v) is 2.63. The molecule has 1 amide bonds. The first-order chi connectivity index (χ1) is 7.24. The zero-order valence-corrected chi connectivity index (χ0v) is 9.12. The molecule has 0 unspecified atom stereocenters. The van der Waals surface area contributed by atoms with E-state index in [0.717, 1.165) is 5.56 Å². The third kappa shape index (κ3) is 2.66. The fourth-order valence-electron chi connectivity index (χ4n) is 1.30. The lowest BCUT2D eigenvalue weighted by atomic mass is 10.2. The normalized spacial score (nSPS) is 10.2. The van der Waals surface area contributed by atoms with Crippen molar-refractivity contribution in [3.63, 3.8) is 0 Å². The van der Waals surface area contributed by atoms with Crippen LogP contribution in [0.3, 0.4) is 0 Å². The number of nitrogens with zero attached hydrogens (tertiary/aromatic N) is 2. The summed E-state index contributed by atoms with van der Waals surface area (Å²) in [5, 5.41) is 5.22. The molecule has 0 saturated heterocycles. The van der Waals surface area contributed by atoms with Gasteiger partial charge in [-0.2, -0.15) is 0 Å². The SMILES string of the molecule is Cn1ccc(CC(=O)Nc2nccs2)c1. The van der Waals surface area contributed by atoms with E-state index in [4.69, 9.17) is 0 Å². The van der Waals surface area contributed by atoms with Gasteiger partial charge in [0, 0.05) is 31.0 Å². The van der Waals surface area contributed by atoms with Crippen LogP contribution in [0.4, 0.5) is 5.13 Å². The Labute approximate surface area is 91.6 Å². The topological polar surface area (TPSA) is 46.9 Å². The van der Waals surface area contributed by atoms with Gasteiger partial charge >= 0.3 is 0 Å². The Bertz CT molecular complexity index is 447. The molecular formula is C10H11N3OS. The molecule has 4 nitrogen and oxygen atoms in total. The number of aromatic nitrogens is 2. The van der Waals surface area contributed by atoms with E-state index in [1.807, 2.05) is 35.5 Å². The van der Waals surface area contributed by atoms with E-state index in [1.54, 1.807) is 6.20 Å². The van der Waals surface area contributed by atoms with Crippen molar-refractivity contribution in [3.8, 4) is 0 Å². The molecule has 2 rings (SSSR count). The first-order valence-corrected chi connectivity index (χ1v) is 5.42. The summed E-state index contributed by atoms with van der Waals surface area (Å²) < 4.78 is 1.92. The molecule has 15 heavy (non-hydrogen) atoms. The minimum absolute atomic E-state index is 0.0313. The van der Waals surface area contributed by atoms with Gasteiger partial charge in [0.05, 0.1) is 6.42 Å². The molecule has 0 bridgehead atoms. The van der Waals surface area contributed by atoms with Crippen molar-refractivity contribution in [2.45, 2.75) is 6.42 Å². The average molecular weight is 221 g/mol. The second-order valence-electron chi connectivity index (χ2n) is 3.25. The largest absolute Gasteiger partial charge is 0.357 e. The average Bonchev–Trinajstić information content (AvgIpc) is 2.77. The Morgan fingerprint density at radius 3 is 3.13 bits per heavy atom. The Balaban J connectivity index is 1.93. The quantitative estimate of drug-likeness (QED) is 0.856. The van der Waals surface area contributed by atoms with Crippen LogP contribution >= 0.6 is 11.3 Å². The number of aryl methyl sites for hydroxylation is 1. The number of carbonyl (C=O) groups excluding carboxylic acids is 1. The van der Waals surface area contributed by atoms with Crippen LogP contribution in [0.5, 0.6) is 0 Å². The highest BCUT2D eigenvalue weighted by molar-refractivity contribution is 7.13. The van der Waals surface area contributed by atoms with Crippen LogP contribution in [0.25, 0.3) is 0 Å². The maximum atomic E-state index is 11.5. The highest BCUT2D eigenvalue weighted by Crippen LogP contribution is 2.11. The molecule has 0 atom stereocenters. The Hall–Kier alpha value is -1.62. The zero-order chi connectivity index (χ0) is 10.7. The molecule has 0 aromatic carbocycles. The molecular weight excluding hydrogens is 210 g/mol. The summed E-state index contributed by atoms with van der Waals surface area (Å²) in [7, 11) is 1.93. The number of hydrogen-bond acceptors (Lipinski definition) is 3. The molecule has 2 heterocycles. The van der Waals surface area contributed by atoms with Crippen LogP contribution < -0.4 is 5.32 Å². The Kier molecular flexibility index (Phi) is 2.82. The first-order valence-electron chi connectivity index (χ1n) is 4.54. The summed E-state index contributed by atoms with van der Waals surface area (Å²) in [6.45, 7) is 0. The summed E-state index contributed by atoms with van der Waals surface area (Å²) in [5.41, 5.74) is 1.01. The van der Waals surface area contributed by atoms with Crippen LogP contribution in [0.1, 0.15) is 5.56 Å². The highest BCUT2D eigenvalue weighted by Gasteiger charge is 2.05. The van der Waals surface area contributed by atoms with Gasteiger partial charge in [0.1, 0.15) is 0 Å². The van der Waals surface area contributed by atoms with Gasteiger partial charge in [-0.15, -0.1) is 11.3 Å². The van der Waals surface area contributed by atoms with Gasteiger partial charge in [-0.3, -0.25) is 4.79 Å². The van der Waals surface area contributed by atoms with Gasteiger partial charge in [0.25, 0.3) is 0 Å². The van der Waals surface area contributed by atoms with E-state index in [-0.39, 0.29) is 5.91 Å². The molecule has 0 saturated carbocycles. The summed E-state index contributed by atoms with van der Waals surface area (Å²) >= 11 is 1.42. The van der Waals surface area contributed by atoms with Crippen molar-refractivity contribution in [1.82, 2.24) is 9.55 Å². The lowest BCUT2D eigenvalue weighted by molar-refractivity contribution is -0.115. The third-order valence-electron chi connectivity index (χ3n) is 1.94. The fourth-order valence-corrected chi connectivity index (χ4v) is 1.84. The molecule has 78 valence electrons. The lowest BCUT2D eigenvalue weighted by Crippen LogP contribution is -2.13. The van der Waals surface area contributed by atoms with Gasteiger partial charge in [0.15, 0.2) is 5.13 Å². The van der Waals surface area contributed by atoms with E-state index in [1.165, 1.54) is 11.3 Å². The molecule has 5 heteroatoms. The molecule has 0 radical (unpaired) electrons. The number of thiazole rings is 1. The number of hydrogen-bond donors (Lipinski definition) is 1. The lowest BCUT2D eigenvalue weighted by Gasteiger charge is -1.99. The van der Waals surface area contributed by atoms with E-state index in [9.17, 15) is 4.79 Å². The van der Waals surface area contributed by atoms with Crippen molar-refractivity contribution < 1.29 is 4.79 Å². The number of anilines is 1. The predicted octanol–water partition coefficient (Wildman–Crippen LogP) is 1.66. The molecule has 0 aliphatic carbocycles. The number of nitrogens with one attached hydrogen (secondary N) is 1. The van der Waals surface area contributed by atoms with Crippen LogP contribution in [0.2, 0.25) is 0 Å². The summed E-state index contributed by atoms with van der Waals surface area (Å²) in [4.78, 5) is 15.5. The predicted molar refractivity (Wildman–Crippen MR) is 59.9 cm³/mol. The van der Waals surface area contributed by atoms with Gasteiger partial charge in [-0.25, -0.2) is 4.98 Å². The molecule has 0 spiro atoms. The monoisotopic (exact) mass is 221 g/mol. The number of amides is 1. The summed E-state index contributed by atoms with van der Waals surface area (Å²) in [6.07, 6.45) is 5.91. The summed E-state index contributed by atoms with van der Waals surface area (Å²) in [6, 6.07) is 1.93. The first kappa shape index (κ1) is 9.92. The van der Waals surface area contributed by atoms with E-state index in [0.29, 0.717) is 11.6 Å². The minimum Gasteiger partial charge on any atom is -0.357 e. The second-order valence-corrected chi connectivity index (χ2v) is 4.14. The summed E-state index contributed by atoms with van der Waals surface area (Å²) in [5.74, 6) is -0.0313. The standard InChI is InChI=1S/C10H11N3OS/c1-13-4-2-8(7-13)6-9(14)12-10-11-3-5-15-10/h2-5,7H,6H2,1H3,(H,11,12,14). The van der Waals surface area contributed by atoms with Gasteiger partial charge in [-0.05, 0) is 11.6 Å². The van der Waals surface area contributed by atoms with Crippen molar-refractivity contribution in [2.24, 2.45) is 7.05 Å². The van der Waals surface area contributed by atoms with Crippen molar-refractivity contribution in [3.05, 3.63) is 35.6 Å². The van der Waals surface area contributed by atoms with Crippen LogP contribution in [0.15, 0.2) is 30.0 Å².